The summed E-state index contributed by atoms with van der Waals surface area (Å²) >= 11 is 0. The Hall–Kier alpha value is -7.03. The number of fused-ring (bicyclic) bond motifs is 9. The molecule has 0 unspecified atom stereocenters. The quantitative estimate of drug-likeness (QED) is 0.113. The van der Waals surface area contributed by atoms with E-state index in [-0.39, 0.29) is 5.92 Å². The van der Waals surface area contributed by atoms with Gasteiger partial charge in [0.2, 0.25) is 0 Å². The standard InChI is InChI=1S/C54H40N2/c1-37(42-26-16-28-52-54(42)48-25-12-13-27-51(48)56(52)53-29-14-15-34-55-53)30-31-40(35-49(38-17-4-2-5-18-38)39-19-6-3-7-20-39)41-32-33-47-45-23-9-8-21-43(45)44-22-10-11-24-46(44)50(47)36-41/h2-34,36,49H,35H2,1H3/b37-30+,40-31+. The lowest BCUT2D eigenvalue weighted by Crippen LogP contribution is -2.03. The summed E-state index contributed by atoms with van der Waals surface area (Å²) in [6.45, 7) is 2.25. The van der Waals surface area contributed by atoms with Crippen LogP contribution >= 0.6 is 0 Å². The second-order valence-electron chi connectivity index (χ2n) is 14.7. The summed E-state index contributed by atoms with van der Waals surface area (Å²) in [5.74, 6) is 1.10. The number of nitrogens with zero attached hydrogens (tertiary/aromatic N) is 2. The first-order chi connectivity index (χ1) is 27.7. The summed E-state index contributed by atoms with van der Waals surface area (Å²) in [4.78, 5) is 4.76. The van der Waals surface area contributed by atoms with Gasteiger partial charge in [-0.1, -0.05) is 170 Å². The molecule has 0 spiro atoms. The van der Waals surface area contributed by atoms with E-state index in [0.29, 0.717) is 0 Å². The number of hydrogen-bond donors (Lipinski definition) is 0. The number of benzene rings is 8. The fourth-order valence-electron chi connectivity index (χ4n) is 8.80. The molecule has 0 aliphatic carbocycles. The number of allylic oxidation sites excluding steroid dienone is 4. The van der Waals surface area contributed by atoms with Gasteiger partial charge in [0.05, 0.1) is 11.0 Å². The van der Waals surface area contributed by atoms with Gasteiger partial charge in [-0.2, -0.15) is 0 Å². The van der Waals surface area contributed by atoms with Crippen molar-refractivity contribution >= 4 is 65.3 Å². The van der Waals surface area contributed by atoms with Gasteiger partial charge >= 0.3 is 0 Å². The highest BCUT2D eigenvalue weighted by Crippen LogP contribution is 2.41. The first-order valence-electron chi connectivity index (χ1n) is 19.5. The van der Waals surface area contributed by atoms with E-state index in [9.17, 15) is 0 Å². The van der Waals surface area contributed by atoms with Crippen molar-refractivity contribution in [1.82, 2.24) is 9.55 Å². The molecule has 2 heterocycles. The van der Waals surface area contributed by atoms with E-state index in [1.807, 2.05) is 12.3 Å². The lowest BCUT2D eigenvalue weighted by Gasteiger charge is -2.21. The maximum Gasteiger partial charge on any atom is 0.137 e. The van der Waals surface area contributed by atoms with Gasteiger partial charge in [0, 0.05) is 22.9 Å². The minimum Gasteiger partial charge on any atom is -0.294 e. The summed E-state index contributed by atoms with van der Waals surface area (Å²) in [5.41, 5.74) is 9.91. The summed E-state index contributed by atoms with van der Waals surface area (Å²) < 4.78 is 2.29. The Bertz CT molecular complexity index is 3020. The molecule has 2 aromatic heterocycles. The molecule has 8 aromatic carbocycles. The Morgan fingerprint density at radius 2 is 1.05 bits per heavy atom. The zero-order chi connectivity index (χ0) is 37.4. The average molecular weight is 717 g/mol. The third-order valence-corrected chi connectivity index (χ3v) is 11.5. The molecule has 0 bridgehead atoms. The van der Waals surface area contributed by atoms with Crippen LogP contribution < -0.4 is 0 Å². The lowest BCUT2D eigenvalue weighted by molar-refractivity contribution is 0.841. The molecule has 10 rings (SSSR count). The second kappa shape index (κ2) is 14.3. The molecule has 2 nitrogen and oxygen atoms in total. The number of hydrogen-bond acceptors (Lipinski definition) is 1. The summed E-state index contributed by atoms with van der Waals surface area (Å²) in [6.07, 6.45) is 7.44. The Kier molecular flexibility index (Phi) is 8.57. The van der Waals surface area contributed by atoms with E-state index >= 15 is 0 Å². The van der Waals surface area contributed by atoms with Crippen LogP contribution in [0.2, 0.25) is 0 Å². The first kappa shape index (κ1) is 33.5. The van der Waals surface area contributed by atoms with Crippen LogP contribution in [-0.4, -0.2) is 9.55 Å². The van der Waals surface area contributed by atoms with Crippen molar-refractivity contribution in [3.63, 3.8) is 0 Å². The van der Waals surface area contributed by atoms with Crippen molar-refractivity contribution < 1.29 is 0 Å². The largest absolute Gasteiger partial charge is 0.294 e. The molecule has 0 aliphatic heterocycles. The lowest BCUT2D eigenvalue weighted by atomic mass is 9.83. The van der Waals surface area contributed by atoms with E-state index in [2.05, 4.69) is 206 Å². The summed E-state index contributed by atoms with van der Waals surface area (Å²) in [5, 5.41) is 10.2. The van der Waals surface area contributed by atoms with E-state index in [0.717, 1.165) is 23.3 Å². The number of pyridine rings is 1. The zero-order valence-corrected chi connectivity index (χ0v) is 31.3. The van der Waals surface area contributed by atoms with Crippen molar-refractivity contribution in [3.8, 4) is 5.82 Å². The monoisotopic (exact) mass is 716 g/mol. The van der Waals surface area contributed by atoms with Crippen molar-refractivity contribution in [1.29, 1.82) is 0 Å². The van der Waals surface area contributed by atoms with Gasteiger partial charge in [-0.25, -0.2) is 4.98 Å². The topological polar surface area (TPSA) is 17.8 Å². The van der Waals surface area contributed by atoms with E-state index in [1.54, 1.807) is 0 Å². The SMILES string of the molecule is C/C(=C\C=C(/CC(c1ccccc1)c1ccccc1)c1ccc2c3ccccc3c3ccccc3c2c1)c1cccc2c1c1ccccc1n2-c1ccccn1. The first-order valence-corrected chi connectivity index (χ1v) is 19.5. The third kappa shape index (κ3) is 5.88. The maximum atomic E-state index is 4.76. The molecule has 56 heavy (non-hydrogen) atoms. The van der Waals surface area contributed by atoms with Crippen molar-refractivity contribution in [2.45, 2.75) is 19.3 Å². The maximum absolute atomic E-state index is 4.76. The highest BCUT2D eigenvalue weighted by atomic mass is 15.1. The molecule has 266 valence electrons. The molecule has 0 fully saturated rings. The molecule has 0 N–H and O–H groups in total. The van der Waals surface area contributed by atoms with Gasteiger partial charge < -0.3 is 0 Å². The van der Waals surface area contributed by atoms with Crippen LogP contribution in [-0.2, 0) is 0 Å². The molecule has 2 heteroatoms. The predicted octanol–water partition coefficient (Wildman–Crippen LogP) is 14.3. The van der Waals surface area contributed by atoms with Crippen LogP contribution in [0.1, 0.15) is 41.5 Å². The molecule has 0 aliphatic rings. The van der Waals surface area contributed by atoms with Crippen molar-refractivity contribution in [2.75, 3.05) is 0 Å². The fourth-order valence-corrected chi connectivity index (χ4v) is 8.80. The number of rotatable bonds is 8. The van der Waals surface area contributed by atoms with E-state index in [1.165, 1.54) is 76.5 Å². The van der Waals surface area contributed by atoms with Crippen molar-refractivity contribution in [3.05, 3.63) is 229 Å². The minimum absolute atomic E-state index is 0.182. The summed E-state index contributed by atoms with van der Waals surface area (Å²) in [7, 11) is 0. The van der Waals surface area contributed by atoms with Gasteiger partial charge in [0.1, 0.15) is 5.82 Å². The average Bonchev–Trinajstić information content (AvgIpc) is 3.62. The van der Waals surface area contributed by atoms with Gasteiger partial charge in [-0.15, -0.1) is 0 Å². The van der Waals surface area contributed by atoms with Gasteiger partial charge in [0.25, 0.3) is 0 Å². The molecule has 0 amide bonds. The van der Waals surface area contributed by atoms with Crippen molar-refractivity contribution in [2.24, 2.45) is 0 Å². The number of aromatic nitrogens is 2. The van der Waals surface area contributed by atoms with Crippen LogP contribution in [0.15, 0.2) is 206 Å². The summed E-state index contributed by atoms with van der Waals surface area (Å²) in [6, 6.07) is 68.2. The minimum atomic E-state index is 0.182. The predicted molar refractivity (Wildman–Crippen MR) is 239 cm³/mol. The molecular formula is C54H40N2. The van der Waals surface area contributed by atoms with E-state index in [4.69, 9.17) is 4.98 Å². The number of para-hydroxylation sites is 1. The Balaban J connectivity index is 1.18. The molecule has 0 saturated carbocycles. The van der Waals surface area contributed by atoms with Gasteiger partial charge in [-0.05, 0) is 109 Å². The highest BCUT2D eigenvalue weighted by Gasteiger charge is 2.19. The van der Waals surface area contributed by atoms with Gasteiger partial charge in [0.15, 0.2) is 0 Å². The van der Waals surface area contributed by atoms with Crippen LogP contribution in [0.5, 0.6) is 0 Å². The Labute approximate surface area is 327 Å². The van der Waals surface area contributed by atoms with Gasteiger partial charge in [-0.3, -0.25) is 4.57 Å². The third-order valence-electron chi connectivity index (χ3n) is 11.5. The van der Waals surface area contributed by atoms with Crippen LogP contribution in [0.4, 0.5) is 0 Å². The molecule has 10 aromatic rings. The van der Waals surface area contributed by atoms with Crippen LogP contribution in [0, 0.1) is 0 Å². The van der Waals surface area contributed by atoms with E-state index < -0.39 is 0 Å². The normalized spacial score (nSPS) is 12.5. The highest BCUT2D eigenvalue weighted by molar-refractivity contribution is 6.25. The Morgan fingerprint density at radius 3 is 1.70 bits per heavy atom. The molecule has 0 saturated heterocycles. The fraction of sp³-hybridized carbons (Fsp3) is 0.0556. The molecular weight excluding hydrogens is 677 g/mol. The second-order valence-corrected chi connectivity index (χ2v) is 14.7. The Morgan fingerprint density at radius 1 is 0.500 bits per heavy atom. The molecule has 0 atom stereocenters. The van der Waals surface area contributed by atoms with Crippen LogP contribution in [0.25, 0.3) is 71.1 Å². The molecule has 0 radical (unpaired) electrons. The zero-order valence-electron chi connectivity index (χ0n) is 31.3. The smallest absolute Gasteiger partial charge is 0.137 e. The van der Waals surface area contributed by atoms with Crippen LogP contribution in [0.3, 0.4) is 0 Å².